The largest absolute Gasteiger partial charge is 0.497 e. The molecule has 5 nitrogen and oxygen atoms in total. The van der Waals surface area contributed by atoms with Gasteiger partial charge in [0, 0.05) is 30.5 Å². The van der Waals surface area contributed by atoms with Gasteiger partial charge >= 0.3 is 0 Å². The highest BCUT2D eigenvalue weighted by Crippen LogP contribution is 2.37. The van der Waals surface area contributed by atoms with Crippen molar-refractivity contribution < 1.29 is 14.3 Å². The van der Waals surface area contributed by atoms with Crippen LogP contribution in [0, 0.1) is 0 Å². The van der Waals surface area contributed by atoms with Crippen molar-refractivity contribution in [1.29, 1.82) is 0 Å². The Morgan fingerprint density at radius 2 is 1.91 bits per heavy atom. The summed E-state index contributed by atoms with van der Waals surface area (Å²) in [4.78, 5) is 29.0. The van der Waals surface area contributed by atoms with Gasteiger partial charge in [0.15, 0.2) is 0 Å². The number of benzene rings is 2. The zero-order chi connectivity index (χ0) is 22.5. The van der Waals surface area contributed by atoms with Crippen molar-refractivity contribution in [3.05, 3.63) is 93.3 Å². The fourth-order valence-electron chi connectivity index (χ4n) is 4.02. The fraction of sp³-hybridized carbons (Fsp3) is 0.231. The second-order valence-corrected chi connectivity index (χ2v) is 8.81. The van der Waals surface area contributed by atoms with Crippen LogP contribution in [0.3, 0.4) is 0 Å². The van der Waals surface area contributed by atoms with Gasteiger partial charge in [-0.15, -0.1) is 11.3 Å². The molecule has 2 heterocycles. The lowest BCUT2D eigenvalue weighted by atomic mass is 9.88. The van der Waals surface area contributed by atoms with E-state index in [4.69, 9.17) is 4.74 Å². The third kappa shape index (κ3) is 4.75. The standard InChI is InChI=1S/C26H26N2O3S/c1-28-17-19-13-14-20(31-2)16-22(19)24(18-8-4-3-5-9-18)25(28)26(30)27-23(29)12-6-10-21-11-7-15-32-21/h3-5,7-9,11,13-16H,6,10,12,17H2,1-2H3,(H,27,29,30). The number of amides is 2. The highest BCUT2D eigenvalue weighted by Gasteiger charge is 2.29. The zero-order valence-corrected chi connectivity index (χ0v) is 19.1. The third-order valence-corrected chi connectivity index (χ3v) is 6.49. The third-order valence-electron chi connectivity index (χ3n) is 5.55. The summed E-state index contributed by atoms with van der Waals surface area (Å²) in [5.41, 5.74) is 4.26. The predicted molar refractivity (Wildman–Crippen MR) is 127 cm³/mol. The highest BCUT2D eigenvalue weighted by atomic mass is 32.1. The van der Waals surface area contributed by atoms with Gasteiger partial charge < -0.3 is 9.64 Å². The number of methoxy groups -OCH3 is 1. The Labute approximate surface area is 192 Å². The number of likely N-dealkylation sites (N-methyl/N-ethyl adjacent to an activating group) is 1. The molecule has 3 aromatic rings. The Hall–Kier alpha value is -3.38. The Bertz CT molecular complexity index is 1140. The molecule has 4 rings (SSSR count). The van der Waals surface area contributed by atoms with E-state index in [1.165, 1.54) is 4.88 Å². The van der Waals surface area contributed by atoms with E-state index >= 15 is 0 Å². The summed E-state index contributed by atoms with van der Waals surface area (Å²) >= 11 is 1.68. The van der Waals surface area contributed by atoms with E-state index in [9.17, 15) is 9.59 Å². The summed E-state index contributed by atoms with van der Waals surface area (Å²) in [5, 5.41) is 4.64. The first-order valence-corrected chi connectivity index (χ1v) is 11.5. The second kappa shape index (κ2) is 9.83. The van der Waals surface area contributed by atoms with E-state index in [-0.39, 0.29) is 11.8 Å². The van der Waals surface area contributed by atoms with Crippen LogP contribution in [0.2, 0.25) is 0 Å². The van der Waals surface area contributed by atoms with Gasteiger partial charge in [0.2, 0.25) is 5.91 Å². The molecule has 0 bridgehead atoms. The van der Waals surface area contributed by atoms with E-state index in [0.717, 1.165) is 34.4 Å². The van der Waals surface area contributed by atoms with Gasteiger partial charge in [-0.3, -0.25) is 14.9 Å². The quantitative estimate of drug-likeness (QED) is 0.575. The van der Waals surface area contributed by atoms with Crippen LogP contribution in [0.1, 0.15) is 34.4 Å². The molecule has 164 valence electrons. The number of nitrogens with zero attached hydrogens (tertiary/aromatic N) is 1. The number of hydrogen-bond acceptors (Lipinski definition) is 5. The molecule has 0 radical (unpaired) electrons. The SMILES string of the molecule is COc1ccc2c(c1)C(c1ccccc1)=C(C(=O)NC(=O)CCCc1cccs1)N(C)C2. The van der Waals surface area contributed by atoms with Crippen LogP contribution in [0.4, 0.5) is 0 Å². The van der Waals surface area contributed by atoms with Gasteiger partial charge in [0.25, 0.3) is 5.91 Å². The molecular weight excluding hydrogens is 420 g/mol. The van der Waals surface area contributed by atoms with Gasteiger partial charge in [0.05, 0.1) is 7.11 Å². The predicted octanol–water partition coefficient (Wildman–Crippen LogP) is 4.63. The molecule has 0 fully saturated rings. The number of hydrogen-bond donors (Lipinski definition) is 1. The smallest absolute Gasteiger partial charge is 0.274 e. The van der Waals surface area contributed by atoms with Gasteiger partial charge in [-0.25, -0.2) is 0 Å². The van der Waals surface area contributed by atoms with E-state index in [1.807, 2.05) is 71.9 Å². The molecule has 0 saturated carbocycles. The Morgan fingerprint density at radius 3 is 2.62 bits per heavy atom. The van der Waals surface area contributed by atoms with Crippen LogP contribution >= 0.6 is 11.3 Å². The fourth-order valence-corrected chi connectivity index (χ4v) is 4.77. The van der Waals surface area contributed by atoms with Crippen molar-refractivity contribution >= 4 is 28.7 Å². The molecule has 0 atom stereocenters. The molecule has 1 aromatic heterocycles. The summed E-state index contributed by atoms with van der Waals surface area (Å²) in [6.07, 6.45) is 1.86. The maximum Gasteiger partial charge on any atom is 0.274 e. The average molecular weight is 447 g/mol. The second-order valence-electron chi connectivity index (χ2n) is 7.78. The van der Waals surface area contributed by atoms with Crippen molar-refractivity contribution in [2.45, 2.75) is 25.8 Å². The lowest BCUT2D eigenvalue weighted by Gasteiger charge is -2.32. The van der Waals surface area contributed by atoms with Crippen LogP contribution in [0.5, 0.6) is 5.75 Å². The Balaban J connectivity index is 1.62. The topological polar surface area (TPSA) is 58.6 Å². The Morgan fingerprint density at radius 1 is 1.09 bits per heavy atom. The average Bonchev–Trinajstić information content (AvgIpc) is 3.32. The summed E-state index contributed by atoms with van der Waals surface area (Å²) in [7, 11) is 3.51. The number of carbonyl (C=O) groups is 2. The molecule has 2 amide bonds. The van der Waals surface area contributed by atoms with Crippen LogP contribution in [0.25, 0.3) is 5.57 Å². The van der Waals surface area contributed by atoms with Gasteiger partial charge in [-0.1, -0.05) is 42.5 Å². The molecule has 1 aliphatic rings. The minimum atomic E-state index is -0.374. The first kappa shape index (κ1) is 21.8. The van der Waals surface area contributed by atoms with Crippen LogP contribution < -0.4 is 10.1 Å². The summed E-state index contributed by atoms with van der Waals surface area (Å²) in [6.45, 7) is 0.574. The van der Waals surface area contributed by atoms with E-state index in [2.05, 4.69) is 11.4 Å². The molecule has 0 spiro atoms. The zero-order valence-electron chi connectivity index (χ0n) is 18.3. The van der Waals surface area contributed by atoms with Crippen LogP contribution in [0.15, 0.2) is 71.7 Å². The van der Waals surface area contributed by atoms with Crippen molar-refractivity contribution in [2.24, 2.45) is 0 Å². The molecule has 0 aliphatic carbocycles. The number of rotatable bonds is 7. The minimum absolute atomic E-state index is 0.253. The molecule has 0 saturated heterocycles. The highest BCUT2D eigenvalue weighted by molar-refractivity contribution is 7.09. The number of aryl methyl sites for hydroxylation is 1. The summed E-state index contributed by atoms with van der Waals surface area (Å²) < 4.78 is 5.44. The minimum Gasteiger partial charge on any atom is -0.497 e. The molecule has 1 aliphatic heterocycles. The van der Waals surface area contributed by atoms with Crippen LogP contribution in [-0.2, 0) is 22.6 Å². The monoisotopic (exact) mass is 446 g/mol. The van der Waals surface area contributed by atoms with Gasteiger partial charge in [-0.05, 0) is 53.1 Å². The first-order chi connectivity index (χ1) is 15.6. The maximum absolute atomic E-state index is 13.3. The lowest BCUT2D eigenvalue weighted by Crippen LogP contribution is -2.39. The van der Waals surface area contributed by atoms with Crippen LogP contribution in [-0.4, -0.2) is 30.9 Å². The summed E-state index contributed by atoms with van der Waals surface area (Å²) in [5.74, 6) is 0.100. The van der Waals surface area contributed by atoms with Crippen molar-refractivity contribution in [1.82, 2.24) is 10.2 Å². The molecule has 1 N–H and O–H groups in total. The van der Waals surface area contributed by atoms with Crippen molar-refractivity contribution in [2.75, 3.05) is 14.2 Å². The number of fused-ring (bicyclic) bond motifs is 1. The number of carbonyl (C=O) groups excluding carboxylic acids is 2. The normalized spacial score (nSPS) is 13.0. The maximum atomic E-state index is 13.3. The number of thiophene rings is 1. The molecular formula is C26H26N2O3S. The van der Waals surface area contributed by atoms with Crippen molar-refractivity contribution in [3.8, 4) is 5.75 Å². The van der Waals surface area contributed by atoms with Crippen molar-refractivity contribution in [3.63, 3.8) is 0 Å². The van der Waals surface area contributed by atoms with Gasteiger partial charge in [-0.2, -0.15) is 0 Å². The number of imide groups is 1. The lowest BCUT2D eigenvalue weighted by molar-refractivity contribution is -0.129. The molecule has 6 heteroatoms. The molecule has 32 heavy (non-hydrogen) atoms. The number of nitrogens with one attached hydrogen (secondary N) is 1. The van der Waals surface area contributed by atoms with E-state index in [1.54, 1.807) is 18.4 Å². The van der Waals surface area contributed by atoms with E-state index in [0.29, 0.717) is 25.1 Å². The number of ether oxygens (including phenoxy) is 1. The molecule has 2 aromatic carbocycles. The Kier molecular flexibility index (Phi) is 6.71. The van der Waals surface area contributed by atoms with Gasteiger partial charge in [0.1, 0.15) is 11.4 Å². The molecule has 0 unspecified atom stereocenters. The summed E-state index contributed by atoms with van der Waals surface area (Å²) in [6, 6.07) is 19.8. The van der Waals surface area contributed by atoms with E-state index < -0.39 is 0 Å². The first-order valence-electron chi connectivity index (χ1n) is 10.6.